The van der Waals surface area contributed by atoms with Crippen LogP contribution in [0.4, 0.5) is 10.1 Å². The minimum Gasteiger partial charge on any atom is -0.312 e. The first-order valence-corrected chi connectivity index (χ1v) is 5.18. The lowest BCUT2D eigenvalue weighted by Gasteiger charge is -2.16. The van der Waals surface area contributed by atoms with Gasteiger partial charge < -0.3 is 4.90 Å². The van der Waals surface area contributed by atoms with Crippen LogP contribution < -0.4 is 16.2 Å². The number of hydrazine groups is 1. The number of hydrogen-bond acceptors (Lipinski definition) is 3. The summed E-state index contributed by atoms with van der Waals surface area (Å²) >= 11 is 0. The van der Waals surface area contributed by atoms with E-state index < -0.39 is 5.92 Å². The Kier molecular flexibility index (Phi) is 3.06. The summed E-state index contributed by atoms with van der Waals surface area (Å²) in [6.07, 6.45) is 0.125. The zero-order valence-electron chi connectivity index (χ0n) is 9.02. The molecule has 0 aromatic heterocycles. The van der Waals surface area contributed by atoms with Crippen molar-refractivity contribution in [2.24, 2.45) is 11.8 Å². The number of nitrogens with one attached hydrogen (secondary N) is 1. The second-order valence-electron chi connectivity index (χ2n) is 3.89. The summed E-state index contributed by atoms with van der Waals surface area (Å²) in [6.45, 7) is 0.271. The molecule has 0 saturated carbocycles. The van der Waals surface area contributed by atoms with Crippen molar-refractivity contribution >= 4 is 17.5 Å². The van der Waals surface area contributed by atoms with Gasteiger partial charge in [-0.15, -0.1) is 0 Å². The summed E-state index contributed by atoms with van der Waals surface area (Å²) in [5.74, 6) is 3.69. The van der Waals surface area contributed by atoms with Crippen molar-refractivity contribution in [3.8, 4) is 0 Å². The normalized spacial score (nSPS) is 19.5. The van der Waals surface area contributed by atoms with Crippen molar-refractivity contribution in [3.05, 3.63) is 30.1 Å². The molecule has 0 spiro atoms. The number of carbonyl (C=O) groups excluding carboxylic acids is 2. The molecule has 1 unspecified atom stereocenters. The van der Waals surface area contributed by atoms with Gasteiger partial charge in [-0.3, -0.25) is 15.0 Å². The van der Waals surface area contributed by atoms with Gasteiger partial charge >= 0.3 is 0 Å². The van der Waals surface area contributed by atoms with Crippen LogP contribution in [0.1, 0.15) is 6.42 Å². The van der Waals surface area contributed by atoms with Crippen LogP contribution in [-0.2, 0) is 9.59 Å². The van der Waals surface area contributed by atoms with E-state index >= 15 is 0 Å². The average molecular weight is 237 g/mol. The smallest absolute Gasteiger partial charge is 0.239 e. The van der Waals surface area contributed by atoms with Gasteiger partial charge in [0.15, 0.2) is 0 Å². The molecule has 1 atom stereocenters. The Morgan fingerprint density at radius 2 is 2.06 bits per heavy atom. The number of halogens is 1. The molecule has 1 aromatic rings. The quantitative estimate of drug-likeness (QED) is 0.437. The van der Waals surface area contributed by atoms with Gasteiger partial charge in [-0.1, -0.05) is 0 Å². The van der Waals surface area contributed by atoms with Gasteiger partial charge in [0, 0.05) is 18.7 Å². The molecule has 1 aromatic carbocycles. The van der Waals surface area contributed by atoms with Crippen molar-refractivity contribution < 1.29 is 14.0 Å². The van der Waals surface area contributed by atoms with Gasteiger partial charge in [0.25, 0.3) is 0 Å². The van der Waals surface area contributed by atoms with Gasteiger partial charge in [0.1, 0.15) is 5.82 Å². The van der Waals surface area contributed by atoms with Crippen LogP contribution in [0.15, 0.2) is 24.3 Å². The van der Waals surface area contributed by atoms with E-state index in [4.69, 9.17) is 5.84 Å². The Bertz CT molecular complexity index is 447. The zero-order chi connectivity index (χ0) is 12.4. The van der Waals surface area contributed by atoms with Gasteiger partial charge in [-0.25, -0.2) is 10.2 Å². The Balaban J connectivity index is 2.15. The lowest BCUT2D eigenvalue weighted by atomic mass is 10.1. The van der Waals surface area contributed by atoms with Crippen LogP contribution in [0.25, 0.3) is 0 Å². The fourth-order valence-corrected chi connectivity index (χ4v) is 1.87. The molecule has 17 heavy (non-hydrogen) atoms. The third-order valence-electron chi connectivity index (χ3n) is 2.78. The van der Waals surface area contributed by atoms with Crippen molar-refractivity contribution in [1.82, 2.24) is 5.43 Å². The number of rotatable bonds is 2. The largest absolute Gasteiger partial charge is 0.312 e. The second kappa shape index (κ2) is 4.50. The summed E-state index contributed by atoms with van der Waals surface area (Å²) in [5.41, 5.74) is 2.62. The van der Waals surface area contributed by atoms with E-state index in [9.17, 15) is 14.0 Å². The molecule has 6 heteroatoms. The third-order valence-corrected chi connectivity index (χ3v) is 2.78. The Morgan fingerprint density at radius 3 is 2.65 bits per heavy atom. The molecule has 0 radical (unpaired) electrons. The monoisotopic (exact) mass is 237 g/mol. The first-order valence-electron chi connectivity index (χ1n) is 5.18. The van der Waals surface area contributed by atoms with Crippen LogP contribution >= 0.6 is 0 Å². The lowest BCUT2D eigenvalue weighted by Crippen LogP contribution is -2.37. The van der Waals surface area contributed by atoms with Crippen molar-refractivity contribution in [2.45, 2.75) is 6.42 Å². The number of carbonyl (C=O) groups is 2. The number of nitrogens with zero attached hydrogens (tertiary/aromatic N) is 1. The second-order valence-corrected chi connectivity index (χ2v) is 3.89. The fraction of sp³-hybridized carbons (Fsp3) is 0.273. The summed E-state index contributed by atoms with van der Waals surface area (Å²) in [4.78, 5) is 24.5. The molecule has 0 bridgehead atoms. The van der Waals surface area contributed by atoms with Crippen LogP contribution in [0.2, 0.25) is 0 Å². The third kappa shape index (κ3) is 2.26. The predicted octanol–water partition coefficient (Wildman–Crippen LogP) is 0.168. The maximum Gasteiger partial charge on any atom is 0.239 e. The molecule has 90 valence electrons. The molecule has 2 rings (SSSR count). The molecule has 1 saturated heterocycles. The zero-order valence-corrected chi connectivity index (χ0v) is 9.02. The topological polar surface area (TPSA) is 75.4 Å². The maximum atomic E-state index is 12.7. The maximum absolute atomic E-state index is 12.7. The summed E-state index contributed by atoms with van der Waals surface area (Å²) in [7, 11) is 0. The molecular weight excluding hydrogens is 225 g/mol. The number of benzene rings is 1. The standard InChI is InChI=1S/C11H12FN3O2/c12-8-1-3-9(4-2-8)15-6-7(5-10(15)16)11(17)14-13/h1-4,7H,5-6,13H2,(H,14,17). The van der Waals surface area contributed by atoms with E-state index in [1.165, 1.54) is 29.2 Å². The number of nitrogens with two attached hydrogens (primary N) is 1. The van der Waals surface area contributed by atoms with Crippen LogP contribution in [-0.4, -0.2) is 18.4 Å². The first kappa shape index (κ1) is 11.5. The van der Waals surface area contributed by atoms with Gasteiger partial charge in [0.05, 0.1) is 5.92 Å². The number of amides is 2. The van der Waals surface area contributed by atoms with Crippen LogP contribution in [0.3, 0.4) is 0 Å². The molecular formula is C11H12FN3O2. The molecule has 5 nitrogen and oxygen atoms in total. The Morgan fingerprint density at radius 1 is 1.41 bits per heavy atom. The molecule has 1 aliphatic rings. The van der Waals surface area contributed by atoms with E-state index in [1.54, 1.807) is 0 Å². The van der Waals surface area contributed by atoms with Crippen molar-refractivity contribution in [1.29, 1.82) is 0 Å². The summed E-state index contributed by atoms with van der Waals surface area (Å²) in [6, 6.07) is 5.57. The van der Waals surface area contributed by atoms with Gasteiger partial charge in [-0.05, 0) is 24.3 Å². The van der Waals surface area contributed by atoms with E-state index in [1.807, 2.05) is 5.43 Å². The molecule has 1 heterocycles. The van der Waals surface area contributed by atoms with Crippen LogP contribution in [0.5, 0.6) is 0 Å². The number of anilines is 1. The van der Waals surface area contributed by atoms with Crippen molar-refractivity contribution in [2.75, 3.05) is 11.4 Å². The van der Waals surface area contributed by atoms with Crippen molar-refractivity contribution in [3.63, 3.8) is 0 Å². The van der Waals surface area contributed by atoms with Crippen LogP contribution in [0, 0.1) is 11.7 Å². The fourth-order valence-electron chi connectivity index (χ4n) is 1.87. The average Bonchev–Trinajstić information content (AvgIpc) is 2.71. The Labute approximate surface area is 97.4 Å². The highest BCUT2D eigenvalue weighted by atomic mass is 19.1. The predicted molar refractivity (Wildman–Crippen MR) is 59.2 cm³/mol. The molecule has 2 amide bonds. The highest BCUT2D eigenvalue weighted by Gasteiger charge is 2.34. The number of hydrogen-bond donors (Lipinski definition) is 2. The first-order chi connectivity index (χ1) is 8.11. The molecule has 3 N–H and O–H groups in total. The highest BCUT2D eigenvalue weighted by Crippen LogP contribution is 2.25. The molecule has 1 fully saturated rings. The summed E-state index contributed by atoms with van der Waals surface area (Å²) < 4.78 is 12.7. The SMILES string of the molecule is NNC(=O)C1CC(=O)N(c2ccc(F)cc2)C1. The van der Waals surface area contributed by atoms with E-state index in [0.717, 1.165) is 0 Å². The molecule has 1 aliphatic heterocycles. The minimum atomic E-state index is -0.447. The van der Waals surface area contributed by atoms with Gasteiger partial charge in [-0.2, -0.15) is 0 Å². The minimum absolute atomic E-state index is 0.125. The molecule has 0 aliphatic carbocycles. The van der Waals surface area contributed by atoms with E-state index in [0.29, 0.717) is 5.69 Å². The summed E-state index contributed by atoms with van der Waals surface area (Å²) in [5, 5.41) is 0. The van der Waals surface area contributed by atoms with Gasteiger partial charge in [0.2, 0.25) is 11.8 Å². The highest BCUT2D eigenvalue weighted by molar-refractivity contribution is 6.00. The Hall–Kier alpha value is -1.95. The lowest BCUT2D eigenvalue weighted by molar-refractivity contribution is -0.126. The van der Waals surface area contributed by atoms with E-state index in [-0.39, 0.29) is 30.6 Å². The van der Waals surface area contributed by atoms with E-state index in [2.05, 4.69) is 0 Å².